The number of carbonyl (C=O) groups is 1. The molecule has 18 heavy (non-hydrogen) atoms. The van der Waals surface area contributed by atoms with Crippen molar-refractivity contribution in [2.24, 2.45) is 5.92 Å². The Balaban J connectivity index is 0.00000137. The fourth-order valence-corrected chi connectivity index (χ4v) is 1.53. The van der Waals surface area contributed by atoms with Gasteiger partial charge < -0.3 is 4.74 Å². The minimum Gasteiger partial charge on any atom is -0.449 e. The summed E-state index contributed by atoms with van der Waals surface area (Å²) in [7, 11) is 0. The number of hydrogen-bond acceptors (Lipinski definition) is 3. The van der Waals surface area contributed by atoms with E-state index in [0.29, 0.717) is 12.5 Å². The number of nitrogens with zero attached hydrogens (tertiary/aromatic N) is 2. The SMILES string of the molecule is CC.CCCCC(CC)COC(=O)n1ccnc1. The molecule has 4 nitrogen and oxygen atoms in total. The molecule has 0 bridgehead atoms. The zero-order chi connectivity index (χ0) is 13.8. The third kappa shape index (κ3) is 6.42. The molecule has 0 saturated heterocycles. The summed E-state index contributed by atoms with van der Waals surface area (Å²) in [6.07, 6.45) is 8.84. The molecular weight excluding hydrogens is 228 g/mol. The van der Waals surface area contributed by atoms with Crippen LogP contribution in [-0.2, 0) is 4.74 Å². The van der Waals surface area contributed by atoms with Gasteiger partial charge in [-0.3, -0.25) is 0 Å². The number of hydrogen-bond donors (Lipinski definition) is 0. The van der Waals surface area contributed by atoms with E-state index in [-0.39, 0.29) is 6.09 Å². The van der Waals surface area contributed by atoms with Gasteiger partial charge in [0.15, 0.2) is 0 Å². The van der Waals surface area contributed by atoms with Crippen LogP contribution in [0.2, 0.25) is 0 Å². The van der Waals surface area contributed by atoms with Gasteiger partial charge in [-0.2, -0.15) is 0 Å². The van der Waals surface area contributed by atoms with Gasteiger partial charge in [-0.25, -0.2) is 14.3 Å². The van der Waals surface area contributed by atoms with Crippen LogP contribution in [0.3, 0.4) is 0 Å². The number of rotatable bonds is 6. The van der Waals surface area contributed by atoms with E-state index in [1.54, 1.807) is 12.4 Å². The van der Waals surface area contributed by atoms with Crippen molar-refractivity contribution in [3.63, 3.8) is 0 Å². The van der Waals surface area contributed by atoms with Crippen LogP contribution in [0, 0.1) is 5.92 Å². The Bertz CT molecular complexity index is 297. The van der Waals surface area contributed by atoms with Crippen molar-refractivity contribution in [2.45, 2.75) is 53.4 Å². The van der Waals surface area contributed by atoms with E-state index in [4.69, 9.17) is 4.74 Å². The fourth-order valence-electron chi connectivity index (χ4n) is 1.53. The molecule has 0 N–H and O–H groups in total. The molecule has 1 aromatic heterocycles. The predicted molar refractivity (Wildman–Crippen MR) is 73.6 cm³/mol. The van der Waals surface area contributed by atoms with Crippen LogP contribution in [0.25, 0.3) is 0 Å². The maximum absolute atomic E-state index is 11.5. The minimum atomic E-state index is -0.340. The first-order valence-electron chi connectivity index (χ1n) is 6.93. The maximum Gasteiger partial charge on any atom is 0.419 e. The van der Waals surface area contributed by atoms with Crippen molar-refractivity contribution < 1.29 is 9.53 Å². The predicted octanol–water partition coefficient (Wildman–Crippen LogP) is 4.11. The highest BCUT2D eigenvalue weighted by molar-refractivity contribution is 5.69. The van der Waals surface area contributed by atoms with Crippen LogP contribution in [0.15, 0.2) is 18.7 Å². The largest absolute Gasteiger partial charge is 0.449 e. The molecule has 104 valence electrons. The quantitative estimate of drug-likeness (QED) is 0.767. The van der Waals surface area contributed by atoms with Gasteiger partial charge in [0, 0.05) is 12.4 Å². The molecule has 1 atom stereocenters. The van der Waals surface area contributed by atoms with Crippen LogP contribution in [0.4, 0.5) is 4.79 Å². The lowest BCUT2D eigenvalue weighted by molar-refractivity contribution is 0.124. The summed E-state index contributed by atoms with van der Waals surface area (Å²) < 4.78 is 6.57. The summed E-state index contributed by atoms with van der Waals surface area (Å²) in [6, 6.07) is 0. The van der Waals surface area contributed by atoms with Crippen LogP contribution in [0.5, 0.6) is 0 Å². The molecule has 1 unspecified atom stereocenters. The first-order valence-corrected chi connectivity index (χ1v) is 6.93. The molecule has 0 aliphatic rings. The molecule has 0 spiro atoms. The van der Waals surface area contributed by atoms with Crippen molar-refractivity contribution in [3.05, 3.63) is 18.7 Å². The molecule has 0 fully saturated rings. The monoisotopic (exact) mass is 254 g/mol. The Morgan fingerprint density at radius 1 is 1.39 bits per heavy atom. The van der Waals surface area contributed by atoms with E-state index < -0.39 is 0 Å². The molecule has 0 saturated carbocycles. The summed E-state index contributed by atoms with van der Waals surface area (Å²) in [5, 5.41) is 0. The Kier molecular flexibility index (Phi) is 10.0. The van der Waals surface area contributed by atoms with Crippen LogP contribution >= 0.6 is 0 Å². The number of aromatic nitrogens is 2. The lowest BCUT2D eigenvalue weighted by atomic mass is 10.0. The van der Waals surface area contributed by atoms with Crippen molar-refractivity contribution in [1.82, 2.24) is 9.55 Å². The van der Waals surface area contributed by atoms with Crippen molar-refractivity contribution in [3.8, 4) is 0 Å². The normalized spacial score (nSPS) is 11.3. The van der Waals surface area contributed by atoms with Crippen molar-refractivity contribution >= 4 is 6.09 Å². The molecule has 4 heteroatoms. The van der Waals surface area contributed by atoms with Crippen molar-refractivity contribution in [1.29, 1.82) is 0 Å². The molecule has 0 aliphatic heterocycles. The topological polar surface area (TPSA) is 44.1 Å². The Morgan fingerprint density at radius 3 is 2.61 bits per heavy atom. The Hall–Kier alpha value is -1.32. The minimum absolute atomic E-state index is 0.340. The smallest absolute Gasteiger partial charge is 0.419 e. The number of ether oxygens (including phenoxy) is 1. The van der Waals surface area contributed by atoms with E-state index in [1.165, 1.54) is 23.7 Å². The summed E-state index contributed by atoms with van der Waals surface area (Å²) in [5.41, 5.74) is 0. The van der Waals surface area contributed by atoms with E-state index >= 15 is 0 Å². The zero-order valence-corrected chi connectivity index (χ0v) is 12.1. The van der Waals surface area contributed by atoms with Crippen LogP contribution in [0.1, 0.15) is 53.4 Å². The highest BCUT2D eigenvalue weighted by Crippen LogP contribution is 2.13. The van der Waals surface area contributed by atoms with E-state index in [1.807, 2.05) is 13.8 Å². The summed E-state index contributed by atoms with van der Waals surface area (Å²) >= 11 is 0. The Labute approximate surface area is 110 Å². The van der Waals surface area contributed by atoms with E-state index in [9.17, 15) is 4.79 Å². The second-order valence-electron chi connectivity index (χ2n) is 3.96. The highest BCUT2D eigenvalue weighted by Gasteiger charge is 2.10. The molecule has 1 aromatic rings. The lowest BCUT2D eigenvalue weighted by Gasteiger charge is -2.14. The van der Waals surface area contributed by atoms with E-state index in [0.717, 1.165) is 12.8 Å². The summed E-state index contributed by atoms with van der Waals surface area (Å²) in [6.45, 7) is 8.81. The maximum atomic E-state index is 11.5. The first kappa shape index (κ1) is 16.7. The number of carbonyl (C=O) groups excluding carboxylic acids is 1. The van der Waals surface area contributed by atoms with Gasteiger partial charge in [0.1, 0.15) is 6.33 Å². The lowest BCUT2D eigenvalue weighted by Crippen LogP contribution is -2.17. The van der Waals surface area contributed by atoms with Gasteiger partial charge in [0.25, 0.3) is 0 Å². The summed E-state index contributed by atoms with van der Waals surface area (Å²) in [5.74, 6) is 0.479. The summed E-state index contributed by atoms with van der Waals surface area (Å²) in [4.78, 5) is 15.3. The average molecular weight is 254 g/mol. The van der Waals surface area contributed by atoms with Gasteiger partial charge in [-0.15, -0.1) is 0 Å². The molecule has 0 amide bonds. The molecule has 0 aliphatic carbocycles. The van der Waals surface area contributed by atoms with Gasteiger partial charge in [0.2, 0.25) is 0 Å². The zero-order valence-electron chi connectivity index (χ0n) is 12.1. The van der Waals surface area contributed by atoms with Crippen LogP contribution < -0.4 is 0 Å². The number of unbranched alkanes of at least 4 members (excludes halogenated alkanes) is 1. The third-order valence-corrected chi connectivity index (χ3v) is 2.70. The molecule has 0 radical (unpaired) electrons. The molecule has 1 rings (SSSR count). The van der Waals surface area contributed by atoms with Gasteiger partial charge >= 0.3 is 6.09 Å². The van der Waals surface area contributed by atoms with Crippen molar-refractivity contribution in [2.75, 3.05) is 6.61 Å². The molecule has 1 heterocycles. The average Bonchev–Trinajstić information content (AvgIpc) is 2.95. The number of imidazole rings is 1. The third-order valence-electron chi connectivity index (χ3n) is 2.70. The van der Waals surface area contributed by atoms with Gasteiger partial charge in [0.05, 0.1) is 6.61 Å². The second-order valence-corrected chi connectivity index (χ2v) is 3.96. The highest BCUT2D eigenvalue weighted by atomic mass is 16.5. The second kappa shape index (κ2) is 10.8. The van der Waals surface area contributed by atoms with E-state index in [2.05, 4.69) is 18.8 Å². The first-order chi connectivity index (χ1) is 8.77. The molecular formula is C14H26N2O2. The standard InChI is InChI=1S/C12H20N2O2.C2H6/c1-3-5-6-11(4-2)9-16-12(15)14-8-7-13-10-14;1-2/h7-8,10-11H,3-6,9H2,1-2H3;1-2H3. The van der Waals surface area contributed by atoms with Gasteiger partial charge in [-0.05, 0) is 12.3 Å². The van der Waals surface area contributed by atoms with Gasteiger partial charge in [-0.1, -0.05) is 47.0 Å². The fraction of sp³-hybridized carbons (Fsp3) is 0.714. The van der Waals surface area contributed by atoms with Crippen LogP contribution in [-0.4, -0.2) is 22.3 Å². The Morgan fingerprint density at radius 2 is 2.11 bits per heavy atom. The molecule has 0 aromatic carbocycles.